The summed E-state index contributed by atoms with van der Waals surface area (Å²) in [7, 11) is 0. The van der Waals surface area contributed by atoms with Gasteiger partial charge in [-0.2, -0.15) is 0 Å². The lowest BCUT2D eigenvalue weighted by Crippen LogP contribution is -1.94. The lowest BCUT2D eigenvalue weighted by molar-refractivity contribution is -0.136. The summed E-state index contributed by atoms with van der Waals surface area (Å²) in [4.78, 5) is 10.4. The maximum Gasteiger partial charge on any atom is 0.303 e. The highest BCUT2D eigenvalue weighted by molar-refractivity contribution is 5.67. The zero-order valence-corrected chi connectivity index (χ0v) is 11.0. The Morgan fingerprint density at radius 3 is 2.78 bits per heavy atom. The van der Waals surface area contributed by atoms with Gasteiger partial charge in [0.1, 0.15) is 5.75 Å². The summed E-state index contributed by atoms with van der Waals surface area (Å²) < 4.78 is 5.46. The van der Waals surface area contributed by atoms with E-state index < -0.39 is 5.97 Å². The third-order valence-electron chi connectivity index (χ3n) is 2.63. The first-order chi connectivity index (χ1) is 8.67. The lowest BCUT2D eigenvalue weighted by Gasteiger charge is -2.08. The van der Waals surface area contributed by atoms with Crippen molar-refractivity contribution in [3.05, 3.63) is 35.4 Å². The molecule has 1 aromatic carbocycles. The molecule has 3 nitrogen and oxygen atoms in total. The minimum absolute atomic E-state index is 0.176. The van der Waals surface area contributed by atoms with E-state index in [0.29, 0.717) is 13.0 Å². The first-order valence-electron chi connectivity index (χ1n) is 6.31. The van der Waals surface area contributed by atoms with Crippen molar-refractivity contribution in [2.24, 2.45) is 0 Å². The summed E-state index contributed by atoms with van der Waals surface area (Å²) in [6.45, 7) is 4.72. The van der Waals surface area contributed by atoms with Crippen LogP contribution in [-0.4, -0.2) is 17.7 Å². The van der Waals surface area contributed by atoms with Crippen LogP contribution in [0.4, 0.5) is 0 Å². The van der Waals surface area contributed by atoms with Gasteiger partial charge < -0.3 is 9.84 Å². The second kappa shape index (κ2) is 7.54. The highest BCUT2D eigenvalue weighted by atomic mass is 16.5. The van der Waals surface area contributed by atoms with Crippen LogP contribution in [0.1, 0.15) is 37.8 Å². The molecule has 0 fully saturated rings. The SMILES string of the molecule is CCOc1ccc(C=CCCC(=O)O)c(CC)c1. The van der Waals surface area contributed by atoms with E-state index in [1.165, 1.54) is 5.56 Å². The Bertz CT molecular complexity index is 422. The molecule has 18 heavy (non-hydrogen) atoms. The normalized spacial score (nSPS) is 10.8. The molecule has 0 aliphatic heterocycles. The molecule has 0 spiro atoms. The van der Waals surface area contributed by atoms with Crippen molar-refractivity contribution in [3.8, 4) is 5.75 Å². The monoisotopic (exact) mass is 248 g/mol. The average Bonchev–Trinajstić information content (AvgIpc) is 2.35. The number of carbonyl (C=O) groups is 1. The number of aryl methyl sites for hydroxylation is 1. The Balaban J connectivity index is 2.72. The highest BCUT2D eigenvalue weighted by Gasteiger charge is 2.00. The van der Waals surface area contributed by atoms with Gasteiger partial charge in [-0.15, -0.1) is 0 Å². The number of allylic oxidation sites excluding steroid dienone is 1. The number of carboxylic acids is 1. The summed E-state index contributed by atoms with van der Waals surface area (Å²) in [5.74, 6) is 0.124. The standard InChI is InChI=1S/C15H20O3/c1-3-12-11-14(18-4-2)10-9-13(12)7-5-6-8-15(16)17/h5,7,9-11H,3-4,6,8H2,1-2H3,(H,16,17). The molecule has 0 saturated carbocycles. The van der Waals surface area contributed by atoms with Crippen LogP contribution in [0.15, 0.2) is 24.3 Å². The maximum atomic E-state index is 10.4. The smallest absolute Gasteiger partial charge is 0.303 e. The van der Waals surface area contributed by atoms with Gasteiger partial charge >= 0.3 is 5.97 Å². The zero-order chi connectivity index (χ0) is 13.4. The van der Waals surface area contributed by atoms with E-state index in [0.717, 1.165) is 17.7 Å². The molecule has 98 valence electrons. The molecule has 1 N–H and O–H groups in total. The van der Waals surface area contributed by atoms with Crippen LogP contribution >= 0.6 is 0 Å². The fourth-order valence-electron chi connectivity index (χ4n) is 1.72. The number of rotatable bonds is 7. The van der Waals surface area contributed by atoms with Crippen LogP contribution in [0.2, 0.25) is 0 Å². The summed E-state index contributed by atoms with van der Waals surface area (Å²) in [5.41, 5.74) is 2.35. The van der Waals surface area contributed by atoms with Gasteiger partial charge in [0.2, 0.25) is 0 Å². The molecule has 0 saturated heterocycles. The van der Waals surface area contributed by atoms with E-state index in [1.54, 1.807) is 0 Å². The van der Waals surface area contributed by atoms with Crippen LogP contribution in [0.3, 0.4) is 0 Å². The Hall–Kier alpha value is -1.77. The summed E-state index contributed by atoms with van der Waals surface area (Å²) in [5, 5.41) is 8.56. The van der Waals surface area contributed by atoms with Gasteiger partial charge in [0, 0.05) is 6.42 Å². The molecule has 0 aliphatic carbocycles. The quantitative estimate of drug-likeness (QED) is 0.803. The van der Waals surface area contributed by atoms with Crippen LogP contribution < -0.4 is 4.74 Å². The maximum absolute atomic E-state index is 10.4. The fraction of sp³-hybridized carbons (Fsp3) is 0.400. The number of benzene rings is 1. The van der Waals surface area contributed by atoms with Crippen LogP contribution in [0.5, 0.6) is 5.75 Å². The second-order valence-corrected chi connectivity index (χ2v) is 3.98. The van der Waals surface area contributed by atoms with Crippen molar-refractivity contribution in [1.29, 1.82) is 0 Å². The van der Waals surface area contributed by atoms with Crippen LogP contribution in [0, 0.1) is 0 Å². The number of hydrogen-bond donors (Lipinski definition) is 1. The van der Waals surface area contributed by atoms with E-state index in [1.807, 2.05) is 37.3 Å². The third kappa shape index (κ3) is 4.62. The molecule has 0 aromatic heterocycles. The first kappa shape index (κ1) is 14.3. The molecule has 0 bridgehead atoms. The van der Waals surface area contributed by atoms with E-state index in [4.69, 9.17) is 9.84 Å². The largest absolute Gasteiger partial charge is 0.494 e. The molecule has 0 atom stereocenters. The van der Waals surface area contributed by atoms with Gasteiger partial charge in [-0.05, 0) is 43.0 Å². The Labute approximate surface area is 108 Å². The molecule has 1 aromatic rings. The van der Waals surface area contributed by atoms with Crippen LogP contribution in [-0.2, 0) is 11.2 Å². The van der Waals surface area contributed by atoms with Gasteiger partial charge in [0.15, 0.2) is 0 Å². The van der Waals surface area contributed by atoms with Gasteiger partial charge in [-0.3, -0.25) is 4.79 Å². The molecule has 0 radical (unpaired) electrons. The second-order valence-electron chi connectivity index (χ2n) is 3.98. The molecule has 0 heterocycles. The summed E-state index contributed by atoms with van der Waals surface area (Å²) >= 11 is 0. The number of hydrogen-bond acceptors (Lipinski definition) is 2. The molecule has 0 aliphatic rings. The van der Waals surface area contributed by atoms with Gasteiger partial charge in [-0.25, -0.2) is 0 Å². The van der Waals surface area contributed by atoms with E-state index in [-0.39, 0.29) is 6.42 Å². The predicted octanol–water partition coefficient (Wildman–Crippen LogP) is 3.53. The minimum atomic E-state index is -0.762. The molecule has 1 rings (SSSR count). The van der Waals surface area contributed by atoms with Crippen molar-refractivity contribution in [1.82, 2.24) is 0 Å². The third-order valence-corrected chi connectivity index (χ3v) is 2.63. The van der Waals surface area contributed by atoms with Crippen molar-refractivity contribution >= 4 is 12.0 Å². The Kier molecular flexibility index (Phi) is 5.98. The number of ether oxygens (including phenoxy) is 1. The van der Waals surface area contributed by atoms with Crippen molar-refractivity contribution in [2.75, 3.05) is 6.61 Å². The van der Waals surface area contributed by atoms with Gasteiger partial charge in [0.05, 0.1) is 6.61 Å². The molecule has 0 unspecified atom stereocenters. The topological polar surface area (TPSA) is 46.5 Å². The lowest BCUT2D eigenvalue weighted by atomic mass is 10.0. The summed E-state index contributed by atoms with van der Waals surface area (Å²) in [6.07, 6.45) is 5.56. The Morgan fingerprint density at radius 1 is 1.39 bits per heavy atom. The summed E-state index contributed by atoms with van der Waals surface area (Å²) in [6, 6.07) is 6.00. The zero-order valence-electron chi connectivity index (χ0n) is 11.0. The number of aliphatic carboxylic acids is 1. The van der Waals surface area contributed by atoms with Crippen molar-refractivity contribution in [2.45, 2.75) is 33.1 Å². The predicted molar refractivity (Wildman–Crippen MR) is 72.9 cm³/mol. The van der Waals surface area contributed by atoms with Gasteiger partial charge in [0.25, 0.3) is 0 Å². The molecule has 0 amide bonds. The van der Waals surface area contributed by atoms with E-state index >= 15 is 0 Å². The first-order valence-corrected chi connectivity index (χ1v) is 6.31. The van der Waals surface area contributed by atoms with Crippen molar-refractivity contribution < 1.29 is 14.6 Å². The average molecular weight is 248 g/mol. The van der Waals surface area contributed by atoms with E-state index in [2.05, 4.69) is 6.92 Å². The van der Waals surface area contributed by atoms with Crippen LogP contribution in [0.25, 0.3) is 6.08 Å². The minimum Gasteiger partial charge on any atom is -0.494 e. The fourth-order valence-corrected chi connectivity index (χ4v) is 1.72. The molecule has 3 heteroatoms. The molecular weight excluding hydrogens is 228 g/mol. The highest BCUT2D eigenvalue weighted by Crippen LogP contribution is 2.20. The van der Waals surface area contributed by atoms with Gasteiger partial charge in [-0.1, -0.05) is 25.1 Å². The van der Waals surface area contributed by atoms with E-state index in [9.17, 15) is 4.79 Å². The van der Waals surface area contributed by atoms with Crippen molar-refractivity contribution in [3.63, 3.8) is 0 Å². The Morgan fingerprint density at radius 2 is 2.17 bits per heavy atom. The molecular formula is C15H20O3. The number of carboxylic acid groups (broad SMARTS) is 1.